The molecule has 0 atom stereocenters. The van der Waals surface area contributed by atoms with Crippen LogP contribution in [0.1, 0.15) is 0 Å². The fraction of sp³-hybridized carbons (Fsp3) is 0. The van der Waals surface area contributed by atoms with E-state index in [9.17, 15) is 0 Å². The maximum absolute atomic E-state index is 5.77. The summed E-state index contributed by atoms with van der Waals surface area (Å²) in [4.78, 5) is 2.41. The van der Waals surface area contributed by atoms with Crippen molar-refractivity contribution in [1.82, 2.24) is 0 Å². The predicted octanol–water partition coefficient (Wildman–Crippen LogP) is 5.21. The molecule has 0 bridgehead atoms. The fourth-order valence-corrected chi connectivity index (χ4v) is 2.71. The van der Waals surface area contributed by atoms with Gasteiger partial charge in [0.05, 0.1) is 0 Å². The third-order valence-corrected chi connectivity index (χ3v) is 3.93. The van der Waals surface area contributed by atoms with Gasteiger partial charge in [0.25, 0.3) is 0 Å². The second-order valence-electron chi connectivity index (χ2n) is 4.56. The van der Waals surface area contributed by atoms with Gasteiger partial charge in [0.1, 0.15) is 11.5 Å². The standard InChI is InChI=1S/C18H15NOS/c19-14-6-8-15(9-7-14)20-16-10-12-18(13-11-16)21-17-4-2-1-3-5-17/h1-13H,19H2. The van der Waals surface area contributed by atoms with Crippen molar-refractivity contribution in [1.29, 1.82) is 0 Å². The third kappa shape index (κ3) is 3.80. The van der Waals surface area contributed by atoms with Gasteiger partial charge in [0.2, 0.25) is 0 Å². The molecule has 0 aliphatic carbocycles. The lowest BCUT2D eigenvalue weighted by Crippen LogP contribution is -1.86. The van der Waals surface area contributed by atoms with Crippen LogP contribution < -0.4 is 10.5 Å². The second kappa shape index (κ2) is 6.37. The van der Waals surface area contributed by atoms with Gasteiger partial charge >= 0.3 is 0 Å². The Morgan fingerprint density at radius 2 is 1.14 bits per heavy atom. The van der Waals surface area contributed by atoms with Crippen molar-refractivity contribution in [3.63, 3.8) is 0 Å². The molecule has 2 nitrogen and oxygen atoms in total. The van der Waals surface area contributed by atoms with Crippen LogP contribution in [0.25, 0.3) is 0 Å². The fourth-order valence-electron chi connectivity index (χ4n) is 1.87. The molecule has 0 unspecified atom stereocenters. The first kappa shape index (κ1) is 13.6. The van der Waals surface area contributed by atoms with Gasteiger partial charge in [-0.15, -0.1) is 0 Å². The van der Waals surface area contributed by atoms with E-state index in [1.165, 1.54) is 9.79 Å². The molecule has 0 saturated heterocycles. The summed E-state index contributed by atoms with van der Waals surface area (Å²) in [6, 6.07) is 25.8. The Balaban J connectivity index is 1.68. The van der Waals surface area contributed by atoms with Crippen LogP contribution in [-0.4, -0.2) is 0 Å². The van der Waals surface area contributed by atoms with Crippen molar-refractivity contribution in [3.8, 4) is 11.5 Å². The topological polar surface area (TPSA) is 35.2 Å². The highest BCUT2D eigenvalue weighted by Gasteiger charge is 2.00. The monoisotopic (exact) mass is 293 g/mol. The SMILES string of the molecule is Nc1ccc(Oc2ccc(Sc3ccccc3)cc2)cc1. The zero-order valence-corrected chi connectivity index (χ0v) is 12.2. The van der Waals surface area contributed by atoms with Gasteiger partial charge < -0.3 is 10.5 Å². The molecule has 2 N–H and O–H groups in total. The Kier molecular flexibility index (Phi) is 4.12. The Labute approximate surface area is 128 Å². The third-order valence-electron chi connectivity index (χ3n) is 2.92. The number of nitrogens with two attached hydrogens (primary N) is 1. The van der Waals surface area contributed by atoms with E-state index in [0.29, 0.717) is 0 Å². The number of hydrogen-bond donors (Lipinski definition) is 1. The Morgan fingerprint density at radius 3 is 1.76 bits per heavy atom. The van der Waals surface area contributed by atoms with Crippen LogP contribution in [0.3, 0.4) is 0 Å². The smallest absolute Gasteiger partial charge is 0.127 e. The van der Waals surface area contributed by atoms with E-state index >= 15 is 0 Å². The van der Waals surface area contributed by atoms with Gasteiger partial charge in [-0.05, 0) is 60.7 Å². The van der Waals surface area contributed by atoms with Crippen molar-refractivity contribution in [2.24, 2.45) is 0 Å². The quantitative estimate of drug-likeness (QED) is 0.670. The van der Waals surface area contributed by atoms with Crippen LogP contribution in [-0.2, 0) is 0 Å². The molecule has 0 heterocycles. The summed E-state index contributed by atoms with van der Waals surface area (Å²) < 4.78 is 5.77. The van der Waals surface area contributed by atoms with E-state index in [1.54, 1.807) is 11.8 Å². The number of anilines is 1. The van der Waals surface area contributed by atoms with Crippen molar-refractivity contribution < 1.29 is 4.74 Å². The predicted molar refractivity (Wildman–Crippen MR) is 87.9 cm³/mol. The van der Waals surface area contributed by atoms with Gasteiger partial charge in [0.15, 0.2) is 0 Å². The molecule has 0 radical (unpaired) electrons. The van der Waals surface area contributed by atoms with Gasteiger partial charge in [0, 0.05) is 15.5 Å². The largest absolute Gasteiger partial charge is 0.457 e. The molecule has 0 amide bonds. The summed E-state index contributed by atoms with van der Waals surface area (Å²) in [5.74, 6) is 1.60. The van der Waals surface area contributed by atoms with Gasteiger partial charge in [-0.25, -0.2) is 0 Å². The van der Waals surface area contributed by atoms with Crippen molar-refractivity contribution in [2.45, 2.75) is 9.79 Å². The molecule has 0 aromatic heterocycles. The van der Waals surface area contributed by atoms with Gasteiger partial charge in [-0.3, -0.25) is 0 Å². The first-order chi connectivity index (χ1) is 10.3. The zero-order valence-electron chi connectivity index (χ0n) is 11.4. The summed E-state index contributed by atoms with van der Waals surface area (Å²) in [6.45, 7) is 0. The van der Waals surface area contributed by atoms with Crippen molar-refractivity contribution in [3.05, 3.63) is 78.9 Å². The van der Waals surface area contributed by atoms with E-state index < -0.39 is 0 Å². The maximum Gasteiger partial charge on any atom is 0.127 e. The van der Waals surface area contributed by atoms with Crippen LogP contribution in [0.5, 0.6) is 11.5 Å². The Hall–Kier alpha value is -2.39. The van der Waals surface area contributed by atoms with E-state index in [2.05, 4.69) is 24.3 Å². The van der Waals surface area contributed by atoms with E-state index in [-0.39, 0.29) is 0 Å². The molecule has 3 aromatic carbocycles. The lowest BCUT2D eigenvalue weighted by Gasteiger charge is -2.07. The van der Waals surface area contributed by atoms with Crippen LogP contribution >= 0.6 is 11.8 Å². The minimum absolute atomic E-state index is 0.733. The molecule has 0 fully saturated rings. The van der Waals surface area contributed by atoms with Crippen molar-refractivity contribution >= 4 is 17.4 Å². The summed E-state index contributed by atoms with van der Waals surface area (Å²) in [5.41, 5.74) is 6.39. The molecule has 21 heavy (non-hydrogen) atoms. The van der Waals surface area contributed by atoms with Crippen LogP contribution in [0.4, 0.5) is 5.69 Å². The number of benzene rings is 3. The number of rotatable bonds is 4. The summed E-state index contributed by atoms with van der Waals surface area (Å²) >= 11 is 1.73. The first-order valence-electron chi connectivity index (χ1n) is 6.66. The van der Waals surface area contributed by atoms with Gasteiger partial charge in [-0.2, -0.15) is 0 Å². The molecule has 0 aliphatic heterocycles. The average molecular weight is 293 g/mol. The molecule has 3 aromatic rings. The van der Waals surface area contributed by atoms with Gasteiger partial charge in [-0.1, -0.05) is 30.0 Å². The lowest BCUT2D eigenvalue weighted by molar-refractivity contribution is 0.482. The average Bonchev–Trinajstić information content (AvgIpc) is 2.53. The number of nitrogen functional groups attached to an aromatic ring is 1. The van der Waals surface area contributed by atoms with E-state index in [4.69, 9.17) is 10.5 Å². The Morgan fingerprint density at radius 1 is 0.619 bits per heavy atom. The number of hydrogen-bond acceptors (Lipinski definition) is 3. The summed E-state index contributed by atoms with van der Waals surface area (Å²) in [7, 11) is 0. The van der Waals surface area contributed by atoms with Crippen molar-refractivity contribution in [2.75, 3.05) is 5.73 Å². The summed E-state index contributed by atoms with van der Waals surface area (Å²) in [5, 5.41) is 0. The molecular weight excluding hydrogens is 278 g/mol. The molecule has 3 rings (SSSR count). The highest BCUT2D eigenvalue weighted by Crippen LogP contribution is 2.30. The van der Waals surface area contributed by atoms with Crippen LogP contribution in [0, 0.1) is 0 Å². The first-order valence-corrected chi connectivity index (χ1v) is 7.48. The number of ether oxygens (including phenoxy) is 1. The molecule has 0 aliphatic rings. The van der Waals surface area contributed by atoms with Crippen LogP contribution in [0.2, 0.25) is 0 Å². The van der Waals surface area contributed by atoms with E-state index in [0.717, 1.165) is 17.2 Å². The maximum atomic E-state index is 5.77. The summed E-state index contributed by atoms with van der Waals surface area (Å²) in [6.07, 6.45) is 0. The molecule has 3 heteroatoms. The normalized spacial score (nSPS) is 10.3. The minimum atomic E-state index is 0.733. The van der Waals surface area contributed by atoms with E-state index in [1.807, 2.05) is 54.6 Å². The highest BCUT2D eigenvalue weighted by molar-refractivity contribution is 7.99. The molecule has 0 spiro atoms. The van der Waals surface area contributed by atoms with Crippen LogP contribution in [0.15, 0.2) is 88.7 Å². The molecular formula is C18H15NOS. The highest BCUT2D eigenvalue weighted by atomic mass is 32.2. The molecule has 104 valence electrons. The minimum Gasteiger partial charge on any atom is -0.457 e. The second-order valence-corrected chi connectivity index (χ2v) is 5.70. The molecule has 0 saturated carbocycles. The Bertz CT molecular complexity index is 694. The lowest BCUT2D eigenvalue weighted by atomic mass is 10.3. The zero-order chi connectivity index (χ0) is 14.5.